The number of ketones is 2. The van der Waals surface area contributed by atoms with Gasteiger partial charge in [0.15, 0.2) is 11.6 Å². The van der Waals surface area contributed by atoms with E-state index in [-0.39, 0.29) is 12.8 Å². The molecule has 6 nitrogen and oxygen atoms in total. The molecule has 0 spiro atoms. The van der Waals surface area contributed by atoms with Crippen molar-refractivity contribution in [2.45, 2.75) is 12.8 Å². The number of aliphatic hydroxyl groups is 2. The molecule has 2 aromatic heterocycles. The summed E-state index contributed by atoms with van der Waals surface area (Å²) in [6.45, 7) is -1.52. The molecule has 2 rings (SSSR count). The Hall–Kier alpha value is -2.18. The molecule has 0 bridgehead atoms. The third-order valence-electron chi connectivity index (χ3n) is 3.44. The van der Waals surface area contributed by atoms with Crippen molar-refractivity contribution in [3.05, 3.63) is 48.3 Å². The second-order valence-corrected chi connectivity index (χ2v) is 4.76. The van der Waals surface area contributed by atoms with E-state index in [2.05, 4.69) is 0 Å². The zero-order valence-corrected chi connectivity index (χ0v) is 11.3. The van der Waals surface area contributed by atoms with Gasteiger partial charge < -0.3 is 19.0 Å². The predicted octanol–water partition coefficient (Wildman–Crippen LogP) is 0.767. The number of carbonyl (C=O) groups is 2. The van der Waals surface area contributed by atoms with Gasteiger partial charge in [-0.25, -0.2) is 0 Å². The Morgan fingerprint density at radius 2 is 1.33 bits per heavy atom. The molecule has 2 N–H and O–H groups in total. The van der Waals surface area contributed by atoms with Crippen LogP contribution in [-0.4, -0.2) is 35.0 Å². The number of Topliss-reactive ketones (excluding diaryl/α,β-unsaturated/α-hetero) is 2. The third-order valence-corrected chi connectivity index (χ3v) is 3.44. The van der Waals surface area contributed by atoms with Gasteiger partial charge in [-0.3, -0.25) is 9.59 Å². The molecule has 0 fully saturated rings. The molecule has 0 aliphatic carbocycles. The van der Waals surface area contributed by atoms with Crippen LogP contribution in [0.2, 0.25) is 0 Å². The fraction of sp³-hybridized carbons (Fsp3) is 0.333. The maximum atomic E-state index is 12.3. The van der Waals surface area contributed by atoms with Crippen molar-refractivity contribution in [1.29, 1.82) is 0 Å². The minimum atomic E-state index is -1.85. The molecule has 0 amide bonds. The fourth-order valence-corrected chi connectivity index (χ4v) is 2.04. The lowest BCUT2D eigenvalue weighted by Gasteiger charge is -2.26. The molecule has 0 aliphatic rings. The first-order valence-corrected chi connectivity index (χ1v) is 6.45. The zero-order chi connectivity index (χ0) is 15.3. The Labute approximate surface area is 121 Å². The highest BCUT2D eigenvalue weighted by molar-refractivity contribution is 6.08. The number of carbonyl (C=O) groups excluding carboxylic acids is 2. The largest absolute Gasteiger partial charge is 0.469 e. The molecule has 6 heteroatoms. The van der Waals surface area contributed by atoms with Crippen LogP contribution < -0.4 is 0 Å². The Kier molecular flexibility index (Phi) is 4.72. The van der Waals surface area contributed by atoms with Crippen LogP contribution in [0.4, 0.5) is 0 Å². The number of hydrogen-bond donors (Lipinski definition) is 2. The van der Waals surface area contributed by atoms with Gasteiger partial charge in [-0.1, -0.05) is 0 Å². The fourth-order valence-electron chi connectivity index (χ4n) is 2.04. The standard InChI is InChI=1S/C15H16O6/c16-9-15(10-17,13(18)7-11-3-1-5-20-11)14(19)8-12-4-2-6-21-12/h1-6,16-17H,7-10H2. The molecule has 2 aromatic rings. The summed E-state index contributed by atoms with van der Waals surface area (Å²) in [5.74, 6) is -0.424. The summed E-state index contributed by atoms with van der Waals surface area (Å²) in [7, 11) is 0. The average molecular weight is 292 g/mol. The smallest absolute Gasteiger partial charge is 0.158 e. The van der Waals surface area contributed by atoms with Crippen molar-refractivity contribution in [1.82, 2.24) is 0 Å². The van der Waals surface area contributed by atoms with Crippen LogP contribution in [0.1, 0.15) is 11.5 Å². The summed E-state index contributed by atoms with van der Waals surface area (Å²) in [6, 6.07) is 6.42. The van der Waals surface area contributed by atoms with E-state index >= 15 is 0 Å². The average Bonchev–Trinajstić information content (AvgIpc) is 3.14. The van der Waals surface area contributed by atoms with E-state index < -0.39 is 30.2 Å². The monoisotopic (exact) mass is 292 g/mol. The summed E-state index contributed by atoms with van der Waals surface area (Å²) in [5, 5.41) is 19.0. The lowest BCUT2D eigenvalue weighted by atomic mass is 9.77. The lowest BCUT2D eigenvalue weighted by Crippen LogP contribution is -2.47. The molecule has 0 aliphatic heterocycles. The van der Waals surface area contributed by atoms with Gasteiger partial charge in [0.25, 0.3) is 0 Å². The predicted molar refractivity (Wildman–Crippen MR) is 71.4 cm³/mol. The molecule has 2 heterocycles. The topological polar surface area (TPSA) is 101 Å². The van der Waals surface area contributed by atoms with Crippen LogP contribution in [0.5, 0.6) is 0 Å². The van der Waals surface area contributed by atoms with Crippen molar-refractivity contribution < 1.29 is 28.6 Å². The van der Waals surface area contributed by atoms with Crippen LogP contribution in [0.25, 0.3) is 0 Å². The van der Waals surface area contributed by atoms with E-state index in [4.69, 9.17) is 8.83 Å². The second kappa shape index (κ2) is 6.51. The van der Waals surface area contributed by atoms with E-state index in [1.165, 1.54) is 12.5 Å². The minimum absolute atomic E-state index is 0.169. The van der Waals surface area contributed by atoms with E-state index in [9.17, 15) is 19.8 Å². The SMILES string of the molecule is O=C(Cc1ccco1)C(CO)(CO)C(=O)Cc1ccco1. The molecular formula is C15H16O6. The first kappa shape index (κ1) is 15.2. The first-order chi connectivity index (χ1) is 10.1. The maximum absolute atomic E-state index is 12.3. The summed E-state index contributed by atoms with van der Waals surface area (Å²) in [4.78, 5) is 24.7. The number of hydrogen-bond acceptors (Lipinski definition) is 6. The second-order valence-electron chi connectivity index (χ2n) is 4.76. The van der Waals surface area contributed by atoms with Gasteiger partial charge in [0.2, 0.25) is 0 Å². The molecular weight excluding hydrogens is 276 g/mol. The molecule has 0 saturated carbocycles. The quantitative estimate of drug-likeness (QED) is 0.697. The van der Waals surface area contributed by atoms with Crippen molar-refractivity contribution in [2.24, 2.45) is 5.41 Å². The Morgan fingerprint density at radius 3 is 1.62 bits per heavy atom. The van der Waals surface area contributed by atoms with Crippen molar-refractivity contribution in [3.8, 4) is 0 Å². The van der Waals surface area contributed by atoms with Gasteiger partial charge in [-0.05, 0) is 24.3 Å². The molecule has 112 valence electrons. The summed E-state index contributed by atoms with van der Waals surface area (Å²) in [5.41, 5.74) is -1.85. The lowest BCUT2D eigenvalue weighted by molar-refractivity contribution is -0.146. The highest BCUT2D eigenvalue weighted by atomic mass is 16.3. The van der Waals surface area contributed by atoms with Gasteiger partial charge in [-0.15, -0.1) is 0 Å². The summed E-state index contributed by atoms with van der Waals surface area (Å²) >= 11 is 0. The molecule has 21 heavy (non-hydrogen) atoms. The zero-order valence-electron chi connectivity index (χ0n) is 11.3. The third kappa shape index (κ3) is 3.12. The van der Waals surface area contributed by atoms with E-state index in [0.29, 0.717) is 11.5 Å². The van der Waals surface area contributed by atoms with Gasteiger partial charge in [0, 0.05) is 0 Å². The molecule has 0 aromatic carbocycles. The van der Waals surface area contributed by atoms with Crippen LogP contribution in [0.15, 0.2) is 45.6 Å². The van der Waals surface area contributed by atoms with Gasteiger partial charge in [0.05, 0.1) is 38.6 Å². The van der Waals surface area contributed by atoms with Crippen LogP contribution >= 0.6 is 0 Å². The van der Waals surface area contributed by atoms with Crippen molar-refractivity contribution in [2.75, 3.05) is 13.2 Å². The van der Waals surface area contributed by atoms with Gasteiger partial charge in [0.1, 0.15) is 16.9 Å². The van der Waals surface area contributed by atoms with Crippen LogP contribution in [0, 0.1) is 5.41 Å². The summed E-state index contributed by atoms with van der Waals surface area (Å²) in [6.07, 6.45) is 2.48. The van der Waals surface area contributed by atoms with Crippen molar-refractivity contribution in [3.63, 3.8) is 0 Å². The Balaban J connectivity index is 2.18. The molecule has 0 radical (unpaired) electrons. The summed E-state index contributed by atoms with van der Waals surface area (Å²) < 4.78 is 10.1. The highest BCUT2D eigenvalue weighted by Gasteiger charge is 2.44. The normalized spacial score (nSPS) is 11.5. The van der Waals surface area contributed by atoms with Gasteiger partial charge in [-0.2, -0.15) is 0 Å². The van der Waals surface area contributed by atoms with Gasteiger partial charge >= 0.3 is 0 Å². The van der Waals surface area contributed by atoms with E-state index in [1.807, 2.05) is 0 Å². The van der Waals surface area contributed by atoms with E-state index in [0.717, 1.165) is 0 Å². The highest BCUT2D eigenvalue weighted by Crippen LogP contribution is 2.24. The number of rotatable bonds is 8. The van der Waals surface area contributed by atoms with Crippen molar-refractivity contribution >= 4 is 11.6 Å². The minimum Gasteiger partial charge on any atom is -0.469 e. The Bertz CT molecular complexity index is 527. The van der Waals surface area contributed by atoms with Crippen LogP contribution in [-0.2, 0) is 22.4 Å². The van der Waals surface area contributed by atoms with Crippen LogP contribution in [0.3, 0.4) is 0 Å². The van der Waals surface area contributed by atoms with E-state index in [1.54, 1.807) is 24.3 Å². The first-order valence-electron chi connectivity index (χ1n) is 6.45. The number of aliphatic hydroxyl groups excluding tert-OH is 2. The molecule has 0 saturated heterocycles. The molecule has 0 atom stereocenters. The molecule has 0 unspecified atom stereocenters. The maximum Gasteiger partial charge on any atom is 0.158 e. The number of furan rings is 2. The Morgan fingerprint density at radius 1 is 0.905 bits per heavy atom.